The second-order valence-corrected chi connectivity index (χ2v) is 5.69. The zero-order valence-electron chi connectivity index (χ0n) is 11.3. The molecule has 1 aromatic heterocycles. The van der Waals surface area contributed by atoms with Gasteiger partial charge in [0, 0.05) is 10.9 Å². The molecule has 0 saturated heterocycles. The molecule has 0 spiro atoms. The lowest BCUT2D eigenvalue weighted by Gasteiger charge is -2.09. The Hall–Kier alpha value is -1.91. The normalized spacial score (nSPS) is 11.0. The third-order valence-corrected chi connectivity index (χ3v) is 3.85. The first-order chi connectivity index (χ1) is 10.2. The van der Waals surface area contributed by atoms with Crippen molar-refractivity contribution in [1.82, 2.24) is 0 Å². The third-order valence-electron chi connectivity index (χ3n) is 3.36. The fourth-order valence-electron chi connectivity index (χ4n) is 2.42. The predicted molar refractivity (Wildman–Crippen MR) is 88.4 cm³/mol. The summed E-state index contributed by atoms with van der Waals surface area (Å²) in [4.78, 5) is 12.9. The van der Waals surface area contributed by atoms with E-state index in [1.165, 1.54) is 0 Å². The molecular weight excluding hydrogens is 330 g/mol. The van der Waals surface area contributed by atoms with E-state index in [0.717, 1.165) is 10.0 Å². The summed E-state index contributed by atoms with van der Waals surface area (Å²) in [7, 11) is 0. The first-order valence-electron chi connectivity index (χ1n) is 6.71. The van der Waals surface area contributed by atoms with Crippen LogP contribution in [0.2, 0.25) is 0 Å². The first-order valence-corrected chi connectivity index (χ1v) is 7.50. The third kappa shape index (κ3) is 2.64. The van der Waals surface area contributed by atoms with Crippen LogP contribution in [0.3, 0.4) is 0 Å². The second kappa shape index (κ2) is 5.84. The molecule has 0 fully saturated rings. The van der Waals surface area contributed by atoms with E-state index in [4.69, 9.17) is 10.2 Å². The van der Waals surface area contributed by atoms with Gasteiger partial charge in [0.15, 0.2) is 0 Å². The van der Waals surface area contributed by atoms with Gasteiger partial charge in [-0.1, -0.05) is 46.3 Å². The quantitative estimate of drug-likeness (QED) is 0.788. The minimum absolute atomic E-state index is 0.0211. The molecule has 0 unspecified atom stereocenters. The lowest BCUT2D eigenvalue weighted by Crippen LogP contribution is -2.12. The lowest BCUT2D eigenvalue weighted by atomic mass is 10.0. The fraction of sp³-hybridized carbons (Fsp3) is 0.118. The van der Waals surface area contributed by atoms with Crippen LogP contribution in [0.5, 0.6) is 0 Å². The van der Waals surface area contributed by atoms with Gasteiger partial charge in [0.25, 0.3) is 0 Å². The van der Waals surface area contributed by atoms with E-state index in [1.54, 1.807) is 12.1 Å². The van der Waals surface area contributed by atoms with Gasteiger partial charge in [0.2, 0.25) is 5.43 Å². The first kappa shape index (κ1) is 14.0. The molecule has 2 N–H and O–H groups in total. The molecule has 21 heavy (non-hydrogen) atoms. The smallest absolute Gasteiger partial charge is 0.200 e. The van der Waals surface area contributed by atoms with E-state index in [0.29, 0.717) is 35.3 Å². The van der Waals surface area contributed by atoms with Gasteiger partial charge in [-0.3, -0.25) is 4.79 Å². The molecule has 1 heterocycles. The maximum Gasteiger partial charge on any atom is 0.200 e. The van der Waals surface area contributed by atoms with Gasteiger partial charge in [-0.15, -0.1) is 0 Å². The predicted octanol–water partition coefficient (Wildman–Crippen LogP) is 3.72. The Labute approximate surface area is 130 Å². The SMILES string of the molecule is NCCc1oc2ccc(Br)cc2c(=O)c1-c1ccccc1. The molecule has 3 rings (SSSR count). The number of nitrogens with two attached hydrogens (primary N) is 1. The molecule has 0 bridgehead atoms. The standard InChI is InChI=1S/C17H14BrNO2/c18-12-6-7-14-13(10-12)17(20)16(15(21-14)8-9-19)11-4-2-1-3-5-11/h1-7,10H,8-9,19H2. The average molecular weight is 344 g/mol. The van der Waals surface area contributed by atoms with Crippen LogP contribution in [0.1, 0.15) is 5.76 Å². The van der Waals surface area contributed by atoms with Gasteiger partial charge in [-0.25, -0.2) is 0 Å². The average Bonchev–Trinajstić information content (AvgIpc) is 2.50. The maximum atomic E-state index is 12.9. The molecule has 0 aliphatic carbocycles. The van der Waals surface area contributed by atoms with E-state index >= 15 is 0 Å². The monoisotopic (exact) mass is 343 g/mol. The van der Waals surface area contributed by atoms with Gasteiger partial charge >= 0.3 is 0 Å². The van der Waals surface area contributed by atoms with Crippen molar-refractivity contribution >= 4 is 26.9 Å². The highest BCUT2D eigenvalue weighted by Gasteiger charge is 2.15. The molecule has 2 aromatic carbocycles. The molecule has 0 aliphatic rings. The summed E-state index contributed by atoms with van der Waals surface area (Å²) in [6.45, 7) is 0.435. The number of hydrogen-bond acceptors (Lipinski definition) is 3. The minimum Gasteiger partial charge on any atom is -0.460 e. The van der Waals surface area contributed by atoms with Crippen LogP contribution >= 0.6 is 15.9 Å². The molecule has 106 valence electrons. The summed E-state index contributed by atoms with van der Waals surface area (Å²) < 4.78 is 6.78. The van der Waals surface area contributed by atoms with Crippen LogP contribution in [0.25, 0.3) is 22.1 Å². The minimum atomic E-state index is -0.0211. The van der Waals surface area contributed by atoms with Gasteiger partial charge in [-0.2, -0.15) is 0 Å². The van der Waals surface area contributed by atoms with Gasteiger partial charge in [0.1, 0.15) is 11.3 Å². The molecular formula is C17H14BrNO2. The Morgan fingerprint density at radius 3 is 2.57 bits per heavy atom. The number of fused-ring (bicyclic) bond motifs is 1. The number of hydrogen-bond donors (Lipinski definition) is 1. The molecule has 3 nitrogen and oxygen atoms in total. The Bertz CT molecular complexity index is 841. The Morgan fingerprint density at radius 2 is 1.86 bits per heavy atom. The fourth-order valence-corrected chi connectivity index (χ4v) is 2.78. The van der Waals surface area contributed by atoms with Crippen molar-refractivity contribution in [2.75, 3.05) is 6.54 Å². The topological polar surface area (TPSA) is 56.2 Å². The van der Waals surface area contributed by atoms with Crippen LogP contribution in [0, 0.1) is 0 Å². The van der Waals surface area contributed by atoms with Crippen molar-refractivity contribution in [2.24, 2.45) is 5.73 Å². The molecule has 0 radical (unpaired) electrons. The summed E-state index contributed by atoms with van der Waals surface area (Å²) in [6, 6.07) is 15.0. The van der Waals surface area contributed by atoms with Gasteiger partial charge < -0.3 is 10.2 Å². The van der Waals surface area contributed by atoms with Crippen molar-refractivity contribution in [3.8, 4) is 11.1 Å². The summed E-state index contributed by atoms with van der Waals surface area (Å²) in [5.41, 5.74) is 7.69. The molecule has 0 amide bonds. The summed E-state index contributed by atoms with van der Waals surface area (Å²) in [5.74, 6) is 0.642. The zero-order valence-corrected chi connectivity index (χ0v) is 12.9. The zero-order chi connectivity index (χ0) is 14.8. The van der Waals surface area contributed by atoms with Crippen molar-refractivity contribution in [2.45, 2.75) is 6.42 Å². The second-order valence-electron chi connectivity index (χ2n) is 4.77. The maximum absolute atomic E-state index is 12.9. The van der Waals surface area contributed by atoms with Crippen molar-refractivity contribution in [3.05, 3.63) is 69.0 Å². The summed E-state index contributed by atoms with van der Waals surface area (Å²) >= 11 is 3.40. The van der Waals surface area contributed by atoms with Gasteiger partial charge in [-0.05, 0) is 30.3 Å². The van der Waals surface area contributed by atoms with E-state index in [2.05, 4.69) is 15.9 Å². The summed E-state index contributed by atoms with van der Waals surface area (Å²) in [5, 5.41) is 0.573. The van der Waals surface area contributed by atoms with Crippen molar-refractivity contribution in [1.29, 1.82) is 0 Å². The Morgan fingerprint density at radius 1 is 1.10 bits per heavy atom. The highest BCUT2D eigenvalue weighted by atomic mass is 79.9. The number of benzene rings is 2. The molecule has 0 aliphatic heterocycles. The van der Waals surface area contributed by atoms with Crippen LogP contribution in [0.4, 0.5) is 0 Å². The molecule has 0 saturated carbocycles. The lowest BCUT2D eigenvalue weighted by molar-refractivity contribution is 0.539. The van der Waals surface area contributed by atoms with E-state index in [9.17, 15) is 4.79 Å². The molecule has 0 atom stereocenters. The van der Waals surface area contributed by atoms with Crippen molar-refractivity contribution in [3.63, 3.8) is 0 Å². The largest absolute Gasteiger partial charge is 0.460 e. The van der Waals surface area contributed by atoms with Crippen LogP contribution in [0.15, 0.2) is 62.2 Å². The highest BCUT2D eigenvalue weighted by Crippen LogP contribution is 2.26. The van der Waals surface area contributed by atoms with Crippen molar-refractivity contribution < 1.29 is 4.42 Å². The highest BCUT2D eigenvalue weighted by molar-refractivity contribution is 9.10. The Balaban J connectivity index is 2.37. The van der Waals surface area contributed by atoms with E-state index in [-0.39, 0.29) is 5.43 Å². The Kier molecular flexibility index (Phi) is 3.90. The van der Waals surface area contributed by atoms with Crippen LogP contribution in [-0.2, 0) is 6.42 Å². The van der Waals surface area contributed by atoms with E-state index < -0.39 is 0 Å². The van der Waals surface area contributed by atoms with Crippen LogP contribution in [-0.4, -0.2) is 6.54 Å². The molecule has 4 heteroatoms. The number of rotatable bonds is 3. The summed E-state index contributed by atoms with van der Waals surface area (Å²) in [6.07, 6.45) is 0.533. The number of halogens is 1. The van der Waals surface area contributed by atoms with E-state index in [1.807, 2.05) is 36.4 Å². The van der Waals surface area contributed by atoms with Crippen LogP contribution < -0.4 is 11.2 Å². The molecule has 3 aromatic rings. The van der Waals surface area contributed by atoms with Gasteiger partial charge in [0.05, 0.1) is 10.9 Å².